The number of aliphatic imine (C=N–C) groups is 1. The van der Waals surface area contributed by atoms with Gasteiger partial charge in [-0.3, -0.25) is 0 Å². The summed E-state index contributed by atoms with van der Waals surface area (Å²) in [6.45, 7) is 0. The number of carbonyl (C=O) groups excluding carboxylic acids is 1. The van der Waals surface area contributed by atoms with Crippen LogP contribution < -0.4 is 0 Å². The monoisotopic (exact) mass is 283 g/mol. The Kier molecular flexibility index (Phi) is 3.93. The van der Waals surface area contributed by atoms with Crippen LogP contribution in [0.3, 0.4) is 0 Å². The van der Waals surface area contributed by atoms with E-state index in [-0.39, 0.29) is 11.3 Å². The van der Waals surface area contributed by atoms with E-state index in [1.807, 2.05) is 0 Å². The summed E-state index contributed by atoms with van der Waals surface area (Å²) < 4.78 is 4.62. The molecule has 18 heavy (non-hydrogen) atoms. The van der Waals surface area contributed by atoms with Gasteiger partial charge in [0.05, 0.1) is 18.6 Å². The molecule has 0 aromatic heterocycles. The third-order valence-electron chi connectivity index (χ3n) is 2.28. The first kappa shape index (κ1) is 13.0. The standard InChI is InChI=1S/C12H10ClNO3S/c1-17-12(16)10-9(15)6-18-11(10)14-8-4-2-3-7(13)5-8/h2-5,15H,6H2,1H3. The number of nitrogens with zero attached hydrogens (tertiary/aromatic N) is 1. The Balaban J connectivity index is 2.37. The van der Waals surface area contributed by atoms with Gasteiger partial charge in [-0.2, -0.15) is 0 Å². The molecule has 1 aromatic carbocycles. The lowest BCUT2D eigenvalue weighted by Crippen LogP contribution is -2.10. The molecule has 0 amide bonds. The molecule has 0 saturated heterocycles. The zero-order valence-corrected chi connectivity index (χ0v) is 11.1. The lowest BCUT2D eigenvalue weighted by molar-refractivity contribution is -0.135. The van der Waals surface area contributed by atoms with E-state index in [0.29, 0.717) is 21.5 Å². The molecule has 0 aliphatic carbocycles. The predicted octanol–water partition coefficient (Wildman–Crippen LogP) is 3.10. The number of thioether (sulfide) groups is 1. The second-order valence-electron chi connectivity index (χ2n) is 3.50. The summed E-state index contributed by atoms with van der Waals surface area (Å²) in [4.78, 5) is 15.8. The zero-order valence-electron chi connectivity index (χ0n) is 9.51. The average Bonchev–Trinajstić information content (AvgIpc) is 2.70. The highest BCUT2D eigenvalue weighted by Gasteiger charge is 2.28. The van der Waals surface area contributed by atoms with Crippen molar-refractivity contribution in [2.45, 2.75) is 0 Å². The molecule has 0 saturated carbocycles. The van der Waals surface area contributed by atoms with Gasteiger partial charge in [-0.25, -0.2) is 9.79 Å². The zero-order chi connectivity index (χ0) is 13.1. The van der Waals surface area contributed by atoms with Crippen molar-refractivity contribution in [1.29, 1.82) is 0 Å². The fourth-order valence-electron chi connectivity index (χ4n) is 1.46. The van der Waals surface area contributed by atoms with Gasteiger partial charge in [-0.15, -0.1) is 0 Å². The molecule has 0 bridgehead atoms. The molecule has 0 radical (unpaired) electrons. The molecule has 0 fully saturated rings. The van der Waals surface area contributed by atoms with Crippen LogP contribution in [0.5, 0.6) is 0 Å². The van der Waals surface area contributed by atoms with Crippen molar-refractivity contribution in [3.63, 3.8) is 0 Å². The molecule has 1 aromatic rings. The van der Waals surface area contributed by atoms with Crippen molar-refractivity contribution in [1.82, 2.24) is 0 Å². The Morgan fingerprint density at radius 1 is 1.56 bits per heavy atom. The number of halogens is 1. The number of esters is 1. The summed E-state index contributed by atoms with van der Waals surface area (Å²) in [6, 6.07) is 6.95. The van der Waals surface area contributed by atoms with Gasteiger partial charge in [-0.05, 0) is 18.2 Å². The van der Waals surface area contributed by atoms with Crippen LogP contribution in [0.4, 0.5) is 5.69 Å². The maximum atomic E-state index is 11.5. The Bertz CT molecular complexity index is 554. The van der Waals surface area contributed by atoms with Crippen LogP contribution in [-0.2, 0) is 9.53 Å². The fourth-order valence-corrected chi connectivity index (χ4v) is 2.58. The number of ether oxygens (including phenoxy) is 1. The summed E-state index contributed by atoms with van der Waals surface area (Å²) >= 11 is 7.14. The quantitative estimate of drug-likeness (QED) is 0.847. The highest BCUT2D eigenvalue weighted by Crippen LogP contribution is 2.30. The third-order valence-corrected chi connectivity index (χ3v) is 3.50. The van der Waals surface area contributed by atoms with E-state index < -0.39 is 5.97 Å². The summed E-state index contributed by atoms with van der Waals surface area (Å²) in [5.74, 6) is -0.269. The van der Waals surface area contributed by atoms with E-state index in [1.165, 1.54) is 18.9 Å². The van der Waals surface area contributed by atoms with Gasteiger partial charge < -0.3 is 9.84 Å². The Labute approximate surface area is 113 Å². The molecule has 6 heteroatoms. The SMILES string of the molecule is COC(=O)C1=C(O)CSC1=Nc1cccc(Cl)c1. The molecule has 1 aliphatic rings. The van der Waals surface area contributed by atoms with Crippen LogP contribution in [0.1, 0.15) is 0 Å². The highest BCUT2D eigenvalue weighted by atomic mass is 35.5. The molecular weight excluding hydrogens is 274 g/mol. The first-order chi connectivity index (χ1) is 8.61. The molecular formula is C12H10ClNO3S. The lowest BCUT2D eigenvalue weighted by atomic mass is 10.2. The largest absolute Gasteiger partial charge is 0.510 e. The van der Waals surface area contributed by atoms with E-state index in [4.69, 9.17) is 11.6 Å². The second kappa shape index (κ2) is 5.46. The number of carbonyl (C=O) groups is 1. The maximum absolute atomic E-state index is 11.5. The fraction of sp³-hybridized carbons (Fsp3) is 0.167. The normalized spacial score (nSPS) is 17.3. The minimum atomic E-state index is -0.585. The van der Waals surface area contributed by atoms with E-state index >= 15 is 0 Å². The van der Waals surface area contributed by atoms with E-state index in [2.05, 4.69) is 9.73 Å². The second-order valence-corrected chi connectivity index (χ2v) is 4.90. The van der Waals surface area contributed by atoms with Gasteiger partial charge in [-0.1, -0.05) is 29.4 Å². The number of aliphatic hydroxyl groups is 1. The Morgan fingerprint density at radius 3 is 3.00 bits per heavy atom. The third kappa shape index (κ3) is 2.68. The number of methoxy groups -OCH3 is 1. The van der Waals surface area contributed by atoms with Crippen molar-refractivity contribution < 1.29 is 14.6 Å². The van der Waals surface area contributed by atoms with Gasteiger partial charge in [0.1, 0.15) is 16.4 Å². The van der Waals surface area contributed by atoms with Crippen LogP contribution in [0, 0.1) is 0 Å². The minimum absolute atomic E-state index is 0.00683. The van der Waals surface area contributed by atoms with E-state index in [9.17, 15) is 9.90 Å². The average molecular weight is 284 g/mol. The van der Waals surface area contributed by atoms with E-state index in [1.54, 1.807) is 24.3 Å². The van der Waals surface area contributed by atoms with Crippen molar-refractivity contribution >= 4 is 40.1 Å². The van der Waals surface area contributed by atoms with Crippen molar-refractivity contribution in [2.75, 3.05) is 12.9 Å². The number of hydrogen-bond donors (Lipinski definition) is 1. The molecule has 2 rings (SSSR count). The summed E-state index contributed by atoms with van der Waals surface area (Å²) in [6.07, 6.45) is 0. The Hall–Kier alpha value is -1.46. The first-order valence-corrected chi connectivity index (χ1v) is 6.46. The van der Waals surface area contributed by atoms with Crippen molar-refractivity contribution in [3.05, 3.63) is 40.6 Å². The molecule has 94 valence electrons. The Morgan fingerprint density at radius 2 is 2.33 bits per heavy atom. The molecule has 1 aliphatic heterocycles. The maximum Gasteiger partial charge on any atom is 0.344 e. The van der Waals surface area contributed by atoms with Crippen molar-refractivity contribution in [2.24, 2.45) is 4.99 Å². The van der Waals surface area contributed by atoms with Gasteiger partial charge in [0.25, 0.3) is 0 Å². The van der Waals surface area contributed by atoms with Gasteiger partial charge in [0.15, 0.2) is 0 Å². The van der Waals surface area contributed by atoms with Crippen LogP contribution in [0.15, 0.2) is 40.6 Å². The molecule has 0 spiro atoms. The van der Waals surface area contributed by atoms with Crippen molar-refractivity contribution in [3.8, 4) is 0 Å². The predicted molar refractivity (Wildman–Crippen MR) is 72.7 cm³/mol. The van der Waals surface area contributed by atoms with E-state index in [0.717, 1.165) is 0 Å². The molecule has 1 N–H and O–H groups in total. The summed E-state index contributed by atoms with van der Waals surface area (Å²) in [5.41, 5.74) is 0.753. The lowest BCUT2D eigenvalue weighted by Gasteiger charge is -2.02. The smallest absolute Gasteiger partial charge is 0.344 e. The first-order valence-electron chi connectivity index (χ1n) is 5.09. The summed E-state index contributed by atoms with van der Waals surface area (Å²) in [5, 5.41) is 10.7. The molecule has 4 nitrogen and oxygen atoms in total. The number of hydrogen-bond acceptors (Lipinski definition) is 5. The van der Waals surface area contributed by atoms with Crippen LogP contribution >= 0.6 is 23.4 Å². The van der Waals surface area contributed by atoms with Crippen LogP contribution in [0.25, 0.3) is 0 Å². The highest BCUT2D eigenvalue weighted by molar-refractivity contribution is 8.15. The topological polar surface area (TPSA) is 58.9 Å². The van der Waals surface area contributed by atoms with Gasteiger partial charge >= 0.3 is 5.97 Å². The van der Waals surface area contributed by atoms with Crippen LogP contribution in [0.2, 0.25) is 5.02 Å². The van der Waals surface area contributed by atoms with Gasteiger partial charge in [0, 0.05) is 5.02 Å². The number of rotatable bonds is 2. The molecule has 0 atom stereocenters. The molecule has 1 heterocycles. The van der Waals surface area contributed by atoms with Crippen LogP contribution in [-0.4, -0.2) is 29.0 Å². The summed E-state index contributed by atoms with van der Waals surface area (Å²) in [7, 11) is 1.27. The number of aliphatic hydroxyl groups excluding tert-OH is 1. The minimum Gasteiger partial charge on any atom is -0.510 e. The van der Waals surface area contributed by atoms with Gasteiger partial charge in [0.2, 0.25) is 0 Å². The number of benzene rings is 1. The molecule has 0 unspecified atom stereocenters.